The molecule has 1 atom stereocenters. The lowest BCUT2D eigenvalue weighted by molar-refractivity contribution is -0.145. The standard InChI is InChI=1S/C9H14N2O3/c1-2-3-4-11-6-8(12)10-5-7(11)9(13)14/h2,7H,1,3-6H2,(H,10,12)(H,13,14). The van der Waals surface area contributed by atoms with Crippen LogP contribution in [0.1, 0.15) is 6.42 Å². The number of hydrogen-bond donors (Lipinski definition) is 2. The zero-order valence-electron chi connectivity index (χ0n) is 7.90. The van der Waals surface area contributed by atoms with Gasteiger partial charge in [0.2, 0.25) is 5.91 Å². The van der Waals surface area contributed by atoms with E-state index in [9.17, 15) is 9.59 Å². The van der Waals surface area contributed by atoms with Crippen molar-refractivity contribution in [2.75, 3.05) is 19.6 Å². The van der Waals surface area contributed by atoms with Gasteiger partial charge >= 0.3 is 5.97 Å². The topological polar surface area (TPSA) is 69.6 Å². The van der Waals surface area contributed by atoms with E-state index >= 15 is 0 Å². The van der Waals surface area contributed by atoms with Crippen LogP contribution in [0.2, 0.25) is 0 Å². The summed E-state index contributed by atoms with van der Waals surface area (Å²) in [6.45, 7) is 4.47. The van der Waals surface area contributed by atoms with Crippen molar-refractivity contribution in [2.24, 2.45) is 0 Å². The maximum Gasteiger partial charge on any atom is 0.322 e. The summed E-state index contributed by atoms with van der Waals surface area (Å²) in [6, 6.07) is -0.604. The molecule has 1 unspecified atom stereocenters. The van der Waals surface area contributed by atoms with E-state index in [1.54, 1.807) is 11.0 Å². The second kappa shape index (κ2) is 4.76. The number of aliphatic carboxylic acids is 1. The first-order valence-corrected chi connectivity index (χ1v) is 4.49. The number of nitrogens with one attached hydrogen (secondary N) is 1. The van der Waals surface area contributed by atoms with Crippen LogP contribution in [-0.4, -0.2) is 47.6 Å². The first kappa shape index (κ1) is 10.7. The highest BCUT2D eigenvalue weighted by atomic mass is 16.4. The van der Waals surface area contributed by atoms with Gasteiger partial charge in [0.1, 0.15) is 6.04 Å². The van der Waals surface area contributed by atoms with Crippen molar-refractivity contribution in [3.05, 3.63) is 12.7 Å². The van der Waals surface area contributed by atoms with Gasteiger partial charge in [-0.1, -0.05) is 6.08 Å². The number of carbonyl (C=O) groups is 2. The molecule has 1 heterocycles. The Hall–Kier alpha value is -1.36. The van der Waals surface area contributed by atoms with Crippen molar-refractivity contribution in [1.29, 1.82) is 0 Å². The van der Waals surface area contributed by atoms with Crippen LogP contribution in [0.3, 0.4) is 0 Å². The van der Waals surface area contributed by atoms with Gasteiger partial charge in [0.05, 0.1) is 6.54 Å². The molecule has 1 rings (SSSR count). The van der Waals surface area contributed by atoms with E-state index in [1.165, 1.54) is 0 Å². The van der Waals surface area contributed by atoms with E-state index in [2.05, 4.69) is 11.9 Å². The maximum atomic E-state index is 11.0. The van der Waals surface area contributed by atoms with Crippen LogP contribution in [0.25, 0.3) is 0 Å². The fourth-order valence-corrected chi connectivity index (χ4v) is 1.43. The van der Waals surface area contributed by atoms with Gasteiger partial charge < -0.3 is 10.4 Å². The Bertz CT molecular complexity index is 252. The van der Waals surface area contributed by atoms with Crippen molar-refractivity contribution >= 4 is 11.9 Å². The molecule has 0 aliphatic carbocycles. The Balaban J connectivity index is 2.58. The summed E-state index contributed by atoms with van der Waals surface area (Å²) < 4.78 is 0. The summed E-state index contributed by atoms with van der Waals surface area (Å²) in [5, 5.41) is 11.4. The highest BCUT2D eigenvalue weighted by Gasteiger charge is 2.30. The fraction of sp³-hybridized carbons (Fsp3) is 0.556. The van der Waals surface area contributed by atoms with Crippen LogP contribution in [0.4, 0.5) is 0 Å². The molecule has 5 heteroatoms. The third kappa shape index (κ3) is 2.56. The molecule has 2 N–H and O–H groups in total. The summed E-state index contributed by atoms with van der Waals surface area (Å²) in [5.41, 5.74) is 0. The number of amides is 1. The highest BCUT2D eigenvalue weighted by Crippen LogP contribution is 2.05. The van der Waals surface area contributed by atoms with Crippen LogP contribution < -0.4 is 5.32 Å². The largest absolute Gasteiger partial charge is 0.480 e. The number of carbonyl (C=O) groups excluding carboxylic acids is 1. The quantitative estimate of drug-likeness (QED) is 0.594. The van der Waals surface area contributed by atoms with Crippen LogP contribution >= 0.6 is 0 Å². The molecule has 1 aliphatic rings. The molecule has 5 nitrogen and oxygen atoms in total. The molecule has 0 spiro atoms. The van der Waals surface area contributed by atoms with E-state index < -0.39 is 12.0 Å². The summed E-state index contributed by atoms with van der Waals surface area (Å²) in [4.78, 5) is 23.5. The number of hydrogen-bond acceptors (Lipinski definition) is 3. The molecule has 0 bridgehead atoms. The van der Waals surface area contributed by atoms with Gasteiger partial charge in [-0.25, -0.2) is 0 Å². The predicted octanol–water partition coefficient (Wildman–Crippen LogP) is -0.552. The first-order chi connectivity index (χ1) is 6.65. The van der Waals surface area contributed by atoms with Gasteiger partial charge in [0, 0.05) is 13.1 Å². The highest BCUT2D eigenvalue weighted by molar-refractivity contribution is 5.83. The molecule has 0 saturated carbocycles. The smallest absolute Gasteiger partial charge is 0.322 e. The molecule has 0 aromatic rings. The van der Waals surface area contributed by atoms with E-state index in [-0.39, 0.29) is 19.0 Å². The van der Waals surface area contributed by atoms with E-state index in [4.69, 9.17) is 5.11 Å². The SMILES string of the molecule is C=CCCN1CC(=O)NCC1C(=O)O. The van der Waals surface area contributed by atoms with Crippen molar-refractivity contribution in [2.45, 2.75) is 12.5 Å². The Kier molecular flexibility index (Phi) is 3.64. The Morgan fingerprint density at radius 2 is 2.50 bits per heavy atom. The lowest BCUT2D eigenvalue weighted by Gasteiger charge is -2.32. The average molecular weight is 198 g/mol. The molecule has 1 aliphatic heterocycles. The molecule has 14 heavy (non-hydrogen) atoms. The van der Waals surface area contributed by atoms with Gasteiger partial charge in [-0.3, -0.25) is 14.5 Å². The Morgan fingerprint density at radius 1 is 1.79 bits per heavy atom. The minimum Gasteiger partial charge on any atom is -0.480 e. The lowest BCUT2D eigenvalue weighted by atomic mass is 10.2. The monoisotopic (exact) mass is 198 g/mol. The molecule has 1 amide bonds. The maximum absolute atomic E-state index is 11.0. The van der Waals surface area contributed by atoms with E-state index in [1.807, 2.05) is 0 Å². The molecule has 0 aromatic heterocycles. The van der Waals surface area contributed by atoms with Crippen LogP contribution in [0.5, 0.6) is 0 Å². The van der Waals surface area contributed by atoms with Crippen LogP contribution in [0.15, 0.2) is 12.7 Å². The third-order valence-electron chi connectivity index (χ3n) is 2.19. The summed E-state index contributed by atoms with van der Waals surface area (Å²) in [5.74, 6) is -1.01. The third-order valence-corrected chi connectivity index (χ3v) is 2.19. The molecule has 0 radical (unpaired) electrons. The summed E-state index contributed by atoms with van der Waals surface area (Å²) >= 11 is 0. The Labute approximate surface area is 82.4 Å². The molecule has 0 aromatic carbocycles. The van der Waals surface area contributed by atoms with E-state index in [0.717, 1.165) is 0 Å². The number of rotatable bonds is 4. The second-order valence-electron chi connectivity index (χ2n) is 3.21. The number of carboxylic acids is 1. The zero-order valence-corrected chi connectivity index (χ0v) is 7.90. The van der Waals surface area contributed by atoms with Gasteiger partial charge in [-0.15, -0.1) is 6.58 Å². The lowest BCUT2D eigenvalue weighted by Crippen LogP contribution is -2.57. The van der Waals surface area contributed by atoms with Crippen molar-refractivity contribution < 1.29 is 14.7 Å². The van der Waals surface area contributed by atoms with Gasteiger partial charge in [-0.05, 0) is 6.42 Å². The minimum absolute atomic E-state index is 0.119. The fourth-order valence-electron chi connectivity index (χ4n) is 1.43. The number of nitrogens with zero attached hydrogens (tertiary/aromatic N) is 1. The number of piperazine rings is 1. The second-order valence-corrected chi connectivity index (χ2v) is 3.21. The number of carboxylic acid groups (broad SMARTS) is 1. The molecule has 78 valence electrons. The van der Waals surface area contributed by atoms with Crippen LogP contribution in [-0.2, 0) is 9.59 Å². The minimum atomic E-state index is -0.894. The molecule has 1 fully saturated rings. The van der Waals surface area contributed by atoms with Crippen molar-refractivity contribution in [3.8, 4) is 0 Å². The van der Waals surface area contributed by atoms with Crippen molar-refractivity contribution in [1.82, 2.24) is 10.2 Å². The first-order valence-electron chi connectivity index (χ1n) is 4.49. The van der Waals surface area contributed by atoms with Gasteiger partial charge in [-0.2, -0.15) is 0 Å². The molecular weight excluding hydrogens is 184 g/mol. The van der Waals surface area contributed by atoms with Gasteiger partial charge in [0.15, 0.2) is 0 Å². The molecular formula is C9H14N2O3. The van der Waals surface area contributed by atoms with Gasteiger partial charge in [0.25, 0.3) is 0 Å². The molecule has 1 saturated heterocycles. The predicted molar refractivity (Wildman–Crippen MR) is 50.8 cm³/mol. The summed E-state index contributed by atoms with van der Waals surface area (Å²) in [7, 11) is 0. The van der Waals surface area contributed by atoms with Crippen molar-refractivity contribution in [3.63, 3.8) is 0 Å². The summed E-state index contributed by atoms with van der Waals surface area (Å²) in [6.07, 6.45) is 2.41. The normalized spacial score (nSPS) is 22.9. The van der Waals surface area contributed by atoms with Crippen LogP contribution in [0, 0.1) is 0 Å². The zero-order chi connectivity index (χ0) is 10.6. The Morgan fingerprint density at radius 3 is 3.07 bits per heavy atom. The van der Waals surface area contributed by atoms with E-state index in [0.29, 0.717) is 13.0 Å². The average Bonchev–Trinajstić information content (AvgIpc) is 2.14.